The van der Waals surface area contributed by atoms with Crippen molar-refractivity contribution in [3.05, 3.63) is 0 Å². The summed E-state index contributed by atoms with van der Waals surface area (Å²) in [5.74, 6) is -0.559. The maximum absolute atomic E-state index is 12.2. The van der Waals surface area contributed by atoms with Gasteiger partial charge in [0.1, 0.15) is 5.60 Å². The van der Waals surface area contributed by atoms with Crippen LogP contribution in [0.5, 0.6) is 0 Å². The van der Waals surface area contributed by atoms with Crippen LogP contribution in [-0.4, -0.2) is 24.1 Å². The van der Waals surface area contributed by atoms with E-state index in [0.717, 1.165) is 0 Å². The van der Waals surface area contributed by atoms with Crippen molar-refractivity contribution < 1.29 is 19.1 Å². The summed E-state index contributed by atoms with van der Waals surface area (Å²) in [5, 5.41) is 0. The van der Waals surface area contributed by atoms with Crippen LogP contribution < -0.4 is 0 Å². The molecule has 19 heavy (non-hydrogen) atoms. The molecule has 0 aliphatic carbocycles. The van der Waals surface area contributed by atoms with E-state index in [-0.39, 0.29) is 18.4 Å². The summed E-state index contributed by atoms with van der Waals surface area (Å²) in [6.45, 7) is 11.6. The van der Waals surface area contributed by atoms with E-state index in [1.165, 1.54) is 0 Å². The van der Waals surface area contributed by atoms with Crippen LogP contribution in [0.25, 0.3) is 0 Å². The van der Waals surface area contributed by atoms with Crippen molar-refractivity contribution in [3.63, 3.8) is 0 Å². The van der Waals surface area contributed by atoms with Crippen LogP contribution in [0.3, 0.4) is 0 Å². The Bertz CT molecular complexity index is 303. The number of carbonyl (C=O) groups is 2. The van der Waals surface area contributed by atoms with Crippen LogP contribution in [0.1, 0.15) is 67.2 Å². The largest absolute Gasteiger partial charge is 0.466 e. The molecule has 0 aromatic heterocycles. The zero-order valence-corrected chi connectivity index (χ0v) is 13.2. The molecule has 0 heterocycles. The molecule has 0 aromatic carbocycles. The molecular weight excluding hydrogens is 244 g/mol. The van der Waals surface area contributed by atoms with Crippen LogP contribution in [0.15, 0.2) is 0 Å². The van der Waals surface area contributed by atoms with Gasteiger partial charge in [0.05, 0.1) is 18.4 Å². The number of rotatable bonds is 8. The van der Waals surface area contributed by atoms with Gasteiger partial charge in [-0.2, -0.15) is 0 Å². The van der Waals surface area contributed by atoms with Gasteiger partial charge in [-0.05, 0) is 40.0 Å². The van der Waals surface area contributed by atoms with Gasteiger partial charge < -0.3 is 9.47 Å². The van der Waals surface area contributed by atoms with E-state index in [1.54, 1.807) is 6.92 Å². The summed E-state index contributed by atoms with van der Waals surface area (Å²) in [4.78, 5) is 23.9. The number of carbonyl (C=O) groups excluding carboxylic acids is 2. The van der Waals surface area contributed by atoms with Gasteiger partial charge in [-0.3, -0.25) is 9.59 Å². The molecule has 0 saturated heterocycles. The van der Waals surface area contributed by atoms with Crippen LogP contribution in [0.4, 0.5) is 0 Å². The van der Waals surface area contributed by atoms with E-state index in [2.05, 4.69) is 0 Å². The third-order valence-corrected chi connectivity index (χ3v) is 3.81. The zero-order valence-electron chi connectivity index (χ0n) is 13.2. The molecule has 0 radical (unpaired) electrons. The molecule has 0 atom stereocenters. The van der Waals surface area contributed by atoms with Gasteiger partial charge >= 0.3 is 11.9 Å². The molecule has 0 amide bonds. The van der Waals surface area contributed by atoms with E-state index in [1.807, 2.05) is 34.6 Å². The molecule has 4 nitrogen and oxygen atoms in total. The van der Waals surface area contributed by atoms with E-state index < -0.39 is 11.0 Å². The van der Waals surface area contributed by atoms with Gasteiger partial charge in [0.25, 0.3) is 0 Å². The molecule has 0 aliphatic rings. The highest BCUT2D eigenvalue weighted by Crippen LogP contribution is 2.31. The van der Waals surface area contributed by atoms with Crippen molar-refractivity contribution >= 4 is 11.9 Å². The third kappa shape index (κ3) is 5.21. The normalized spacial score (nSPS) is 12.1. The highest BCUT2D eigenvalue weighted by atomic mass is 16.6. The Morgan fingerprint density at radius 3 is 1.84 bits per heavy atom. The first-order valence-corrected chi connectivity index (χ1v) is 7.16. The average molecular weight is 272 g/mol. The minimum Gasteiger partial charge on any atom is -0.466 e. The molecule has 0 fully saturated rings. The van der Waals surface area contributed by atoms with Crippen molar-refractivity contribution in [2.24, 2.45) is 5.41 Å². The quantitative estimate of drug-likeness (QED) is 0.635. The topological polar surface area (TPSA) is 52.6 Å². The number of hydrogen-bond acceptors (Lipinski definition) is 4. The second-order valence-corrected chi connectivity index (χ2v) is 5.50. The molecule has 0 aromatic rings. The highest BCUT2D eigenvalue weighted by Gasteiger charge is 2.38. The summed E-state index contributed by atoms with van der Waals surface area (Å²) in [6, 6.07) is 0. The van der Waals surface area contributed by atoms with Crippen molar-refractivity contribution in [2.45, 2.75) is 72.8 Å². The highest BCUT2D eigenvalue weighted by molar-refractivity contribution is 5.77. The Balaban J connectivity index is 4.90. The lowest BCUT2D eigenvalue weighted by Crippen LogP contribution is -2.41. The Hall–Kier alpha value is -1.06. The Kier molecular flexibility index (Phi) is 7.09. The Morgan fingerprint density at radius 1 is 0.947 bits per heavy atom. The molecule has 0 saturated carbocycles. The SMILES string of the molecule is CCOC(=O)CC(CC)(CC)OC(=O)C(C)(C)CC. The average Bonchev–Trinajstić information content (AvgIpc) is 2.37. The lowest BCUT2D eigenvalue weighted by atomic mass is 9.88. The van der Waals surface area contributed by atoms with Crippen LogP contribution >= 0.6 is 0 Å². The molecule has 4 heteroatoms. The van der Waals surface area contributed by atoms with Gasteiger partial charge in [0.2, 0.25) is 0 Å². The molecule has 0 spiro atoms. The first-order chi connectivity index (χ1) is 8.76. The summed E-state index contributed by atoms with van der Waals surface area (Å²) >= 11 is 0. The van der Waals surface area contributed by atoms with E-state index >= 15 is 0 Å². The summed E-state index contributed by atoms with van der Waals surface area (Å²) < 4.78 is 10.6. The van der Waals surface area contributed by atoms with Crippen molar-refractivity contribution in [1.29, 1.82) is 0 Å². The zero-order chi connectivity index (χ0) is 15.1. The molecule has 0 bridgehead atoms. The van der Waals surface area contributed by atoms with Crippen molar-refractivity contribution in [3.8, 4) is 0 Å². The summed E-state index contributed by atoms with van der Waals surface area (Å²) in [5.41, 5.74) is -1.26. The predicted molar refractivity (Wildman–Crippen MR) is 74.7 cm³/mol. The van der Waals surface area contributed by atoms with Gasteiger partial charge in [-0.25, -0.2) is 0 Å². The second-order valence-electron chi connectivity index (χ2n) is 5.50. The van der Waals surface area contributed by atoms with Crippen LogP contribution in [0.2, 0.25) is 0 Å². The maximum Gasteiger partial charge on any atom is 0.312 e. The second kappa shape index (κ2) is 7.51. The van der Waals surface area contributed by atoms with Crippen LogP contribution in [0, 0.1) is 5.41 Å². The fraction of sp³-hybridized carbons (Fsp3) is 0.867. The van der Waals surface area contributed by atoms with Gasteiger partial charge in [0, 0.05) is 0 Å². The minimum atomic E-state index is -0.740. The van der Waals surface area contributed by atoms with E-state index in [9.17, 15) is 9.59 Å². The molecular formula is C15H28O4. The minimum absolute atomic E-state index is 0.124. The standard InChI is InChI=1S/C15H28O4/c1-7-14(5,6)13(17)19-15(8-2,9-3)11-12(16)18-10-4/h7-11H2,1-6H3. The molecule has 0 N–H and O–H groups in total. The predicted octanol–water partition coefficient (Wildman–Crippen LogP) is 3.48. The van der Waals surface area contributed by atoms with Gasteiger partial charge in [-0.1, -0.05) is 20.8 Å². The van der Waals surface area contributed by atoms with E-state index in [0.29, 0.717) is 25.9 Å². The number of ether oxygens (including phenoxy) is 2. The fourth-order valence-electron chi connectivity index (χ4n) is 1.63. The van der Waals surface area contributed by atoms with Gasteiger partial charge in [-0.15, -0.1) is 0 Å². The lowest BCUT2D eigenvalue weighted by molar-refractivity contribution is -0.176. The number of esters is 2. The Labute approximate surface area is 116 Å². The first kappa shape index (κ1) is 17.9. The Morgan fingerprint density at radius 2 is 1.47 bits per heavy atom. The molecule has 0 rings (SSSR count). The molecule has 0 aliphatic heterocycles. The fourth-order valence-corrected chi connectivity index (χ4v) is 1.63. The lowest BCUT2D eigenvalue weighted by Gasteiger charge is -2.34. The number of hydrogen-bond donors (Lipinski definition) is 0. The van der Waals surface area contributed by atoms with Crippen molar-refractivity contribution in [1.82, 2.24) is 0 Å². The smallest absolute Gasteiger partial charge is 0.312 e. The summed E-state index contributed by atoms with van der Waals surface area (Å²) in [7, 11) is 0. The molecule has 0 unspecified atom stereocenters. The first-order valence-electron chi connectivity index (χ1n) is 7.16. The van der Waals surface area contributed by atoms with E-state index in [4.69, 9.17) is 9.47 Å². The monoisotopic (exact) mass is 272 g/mol. The summed E-state index contributed by atoms with van der Waals surface area (Å²) in [6.07, 6.45) is 2.04. The van der Waals surface area contributed by atoms with Gasteiger partial charge in [0.15, 0.2) is 0 Å². The van der Waals surface area contributed by atoms with Crippen molar-refractivity contribution in [2.75, 3.05) is 6.61 Å². The maximum atomic E-state index is 12.2. The third-order valence-electron chi connectivity index (χ3n) is 3.81. The molecule has 112 valence electrons. The van der Waals surface area contributed by atoms with Crippen LogP contribution in [-0.2, 0) is 19.1 Å².